The Morgan fingerprint density at radius 2 is 1.93 bits per heavy atom. The molecule has 3 nitrogen and oxygen atoms in total. The summed E-state index contributed by atoms with van der Waals surface area (Å²) < 4.78 is 16.3. The van der Waals surface area contributed by atoms with Gasteiger partial charge in [0.15, 0.2) is 0 Å². The van der Waals surface area contributed by atoms with Crippen LogP contribution in [0.15, 0.2) is 0 Å². The molecule has 0 N–H and O–H groups in total. The van der Waals surface area contributed by atoms with E-state index in [4.69, 9.17) is 14.2 Å². The number of ether oxygens (including phenoxy) is 3. The predicted octanol–water partition coefficient (Wildman–Crippen LogP) is 2.49. The Hall–Kier alpha value is 0.0969. The van der Waals surface area contributed by atoms with Crippen LogP contribution in [0.2, 0.25) is 25.7 Å². The summed E-state index contributed by atoms with van der Waals surface area (Å²) in [4.78, 5) is 0. The zero-order chi connectivity index (χ0) is 11.5. The quantitative estimate of drug-likeness (QED) is 0.292. The number of rotatable bonds is 7. The van der Waals surface area contributed by atoms with Crippen molar-refractivity contribution in [3.63, 3.8) is 0 Å². The van der Waals surface area contributed by atoms with E-state index in [1.54, 1.807) is 0 Å². The van der Waals surface area contributed by atoms with Gasteiger partial charge in [0.25, 0.3) is 0 Å². The second kappa shape index (κ2) is 4.95. The van der Waals surface area contributed by atoms with Gasteiger partial charge in [-0.3, -0.25) is 0 Å². The summed E-state index contributed by atoms with van der Waals surface area (Å²) in [5.74, 6) is 0. The van der Waals surface area contributed by atoms with Crippen LogP contribution in [0.25, 0.3) is 0 Å². The summed E-state index contributed by atoms with van der Waals surface area (Å²) in [5, 5.41) is 0. The summed E-state index contributed by atoms with van der Waals surface area (Å²) in [5.41, 5.74) is -0.195. The average molecular weight is 232 g/mol. The average Bonchev–Trinajstić information content (AvgIpc) is 2.82. The molecule has 0 aromatic rings. The van der Waals surface area contributed by atoms with Crippen LogP contribution in [0.1, 0.15) is 13.8 Å². The van der Waals surface area contributed by atoms with E-state index in [0.29, 0.717) is 6.79 Å². The molecule has 1 atom stereocenters. The summed E-state index contributed by atoms with van der Waals surface area (Å²) in [6, 6.07) is 1.19. The van der Waals surface area contributed by atoms with Crippen LogP contribution in [0, 0.1) is 0 Å². The lowest BCUT2D eigenvalue weighted by molar-refractivity contribution is -0.133. The zero-order valence-corrected chi connectivity index (χ0v) is 11.6. The van der Waals surface area contributed by atoms with Crippen molar-refractivity contribution in [3.8, 4) is 0 Å². The van der Waals surface area contributed by atoms with Crippen LogP contribution in [0.4, 0.5) is 0 Å². The molecule has 0 amide bonds. The molecule has 0 aromatic carbocycles. The predicted molar refractivity (Wildman–Crippen MR) is 63.9 cm³/mol. The van der Waals surface area contributed by atoms with Gasteiger partial charge >= 0.3 is 0 Å². The maximum absolute atomic E-state index is 5.64. The van der Waals surface area contributed by atoms with Crippen molar-refractivity contribution in [2.24, 2.45) is 0 Å². The van der Waals surface area contributed by atoms with Crippen molar-refractivity contribution in [1.29, 1.82) is 0 Å². The molecule has 1 saturated heterocycles. The van der Waals surface area contributed by atoms with E-state index < -0.39 is 8.07 Å². The molecular weight excluding hydrogens is 208 g/mol. The topological polar surface area (TPSA) is 31.0 Å². The fraction of sp³-hybridized carbons (Fsp3) is 1.00. The van der Waals surface area contributed by atoms with Gasteiger partial charge in [-0.2, -0.15) is 0 Å². The van der Waals surface area contributed by atoms with Crippen molar-refractivity contribution in [3.05, 3.63) is 0 Å². The highest BCUT2D eigenvalue weighted by molar-refractivity contribution is 6.76. The van der Waals surface area contributed by atoms with Crippen LogP contribution >= 0.6 is 0 Å². The molecule has 4 heteroatoms. The number of hydrogen-bond donors (Lipinski definition) is 0. The van der Waals surface area contributed by atoms with Gasteiger partial charge in [0.1, 0.15) is 12.9 Å². The SMILES string of the molecule is CC(C)(OCOCC[Si](C)(C)C)[C@H]1CO1. The molecule has 90 valence electrons. The fourth-order valence-electron chi connectivity index (χ4n) is 1.17. The van der Waals surface area contributed by atoms with Gasteiger partial charge < -0.3 is 14.2 Å². The molecule has 15 heavy (non-hydrogen) atoms. The largest absolute Gasteiger partial charge is 0.370 e. The van der Waals surface area contributed by atoms with Gasteiger partial charge in [-0.05, 0) is 19.9 Å². The van der Waals surface area contributed by atoms with E-state index >= 15 is 0 Å². The summed E-state index contributed by atoms with van der Waals surface area (Å²) in [6.07, 6.45) is 0.262. The van der Waals surface area contributed by atoms with E-state index in [2.05, 4.69) is 19.6 Å². The van der Waals surface area contributed by atoms with Gasteiger partial charge in [-0.25, -0.2) is 0 Å². The molecule has 1 fully saturated rings. The Balaban J connectivity index is 2.01. The first-order valence-electron chi connectivity index (χ1n) is 5.65. The lowest BCUT2D eigenvalue weighted by atomic mass is 10.1. The number of hydrogen-bond acceptors (Lipinski definition) is 3. The highest BCUT2D eigenvalue weighted by Gasteiger charge is 2.40. The molecule has 0 bridgehead atoms. The minimum atomic E-state index is -0.968. The maximum atomic E-state index is 5.64. The second-order valence-corrected chi connectivity index (χ2v) is 11.5. The molecule has 1 aliphatic heterocycles. The highest BCUT2D eigenvalue weighted by atomic mass is 28.3. The Labute approximate surface area is 94.1 Å². The Bertz CT molecular complexity index is 194. The fourth-order valence-corrected chi connectivity index (χ4v) is 1.93. The van der Waals surface area contributed by atoms with Crippen molar-refractivity contribution in [2.45, 2.75) is 51.2 Å². The second-order valence-electron chi connectivity index (χ2n) is 5.91. The van der Waals surface area contributed by atoms with Crippen molar-refractivity contribution >= 4 is 8.07 Å². The Kier molecular flexibility index (Phi) is 4.35. The van der Waals surface area contributed by atoms with Gasteiger partial charge in [-0.1, -0.05) is 19.6 Å². The third-order valence-corrected chi connectivity index (χ3v) is 4.32. The molecule has 1 aliphatic rings. The van der Waals surface area contributed by atoms with E-state index in [0.717, 1.165) is 13.2 Å². The molecule has 0 aliphatic carbocycles. The van der Waals surface area contributed by atoms with Gasteiger partial charge in [-0.15, -0.1) is 0 Å². The molecule has 1 heterocycles. The summed E-state index contributed by atoms with van der Waals surface area (Å²) >= 11 is 0. The molecule has 0 spiro atoms. The first-order chi connectivity index (χ1) is 6.81. The maximum Gasteiger partial charge on any atom is 0.147 e. The van der Waals surface area contributed by atoms with Gasteiger partial charge in [0.2, 0.25) is 0 Å². The zero-order valence-electron chi connectivity index (χ0n) is 10.6. The minimum Gasteiger partial charge on any atom is -0.370 e. The smallest absolute Gasteiger partial charge is 0.147 e. The molecule has 0 unspecified atom stereocenters. The van der Waals surface area contributed by atoms with Crippen LogP contribution in [-0.2, 0) is 14.2 Å². The van der Waals surface area contributed by atoms with Crippen LogP contribution in [0.5, 0.6) is 0 Å². The van der Waals surface area contributed by atoms with E-state index in [1.807, 2.05) is 13.8 Å². The van der Waals surface area contributed by atoms with Crippen LogP contribution in [0.3, 0.4) is 0 Å². The molecule has 0 radical (unpaired) electrons. The van der Waals surface area contributed by atoms with Crippen molar-refractivity contribution < 1.29 is 14.2 Å². The van der Waals surface area contributed by atoms with Gasteiger partial charge in [0, 0.05) is 14.7 Å². The van der Waals surface area contributed by atoms with Crippen molar-refractivity contribution in [2.75, 3.05) is 20.0 Å². The number of epoxide rings is 1. The summed E-state index contributed by atoms with van der Waals surface area (Å²) in [7, 11) is -0.968. The third kappa shape index (κ3) is 5.66. The lowest BCUT2D eigenvalue weighted by Gasteiger charge is -2.23. The first kappa shape index (κ1) is 13.2. The highest BCUT2D eigenvalue weighted by Crippen LogP contribution is 2.27. The normalized spacial score (nSPS) is 21.8. The lowest BCUT2D eigenvalue weighted by Crippen LogP contribution is -2.32. The van der Waals surface area contributed by atoms with E-state index in [9.17, 15) is 0 Å². The molecule has 0 saturated carbocycles. The summed E-state index contributed by atoms with van der Waals surface area (Å²) in [6.45, 7) is 13.2. The first-order valence-corrected chi connectivity index (χ1v) is 9.35. The Morgan fingerprint density at radius 1 is 1.33 bits per heavy atom. The molecule has 0 aromatic heterocycles. The van der Waals surface area contributed by atoms with Crippen LogP contribution in [-0.4, -0.2) is 39.8 Å². The van der Waals surface area contributed by atoms with Crippen molar-refractivity contribution in [1.82, 2.24) is 0 Å². The van der Waals surface area contributed by atoms with Crippen LogP contribution < -0.4 is 0 Å². The van der Waals surface area contributed by atoms with E-state index in [1.165, 1.54) is 6.04 Å². The monoisotopic (exact) mass is 232 g/mol. The molecule has 1 rings (SSSR count). The molecular formula is C11H24O3Si. The van der Waals surface area contributed by atoms with Gasteiger partial charge in [0.05, 0.1) is 12.2 Å². The Morgan fingerprint density at radius 3 is 2.40 bits per heavy atom. The van der Waals surface area contributed by atoms with E-state index in [-0.39, 0.29) is 11.7 Å². The third-order valence-electron chi connectivity index (χ3n) is 2.62. The minimum absolute atomic E-state index is 0.195. The standard InChI is InChI=1S/C11H24O3Si/c1-11(2,10-8-13-10)14-9-12-6-7-15(3,4)5/h10H,6-9H2,1-5H3/t10-/m1/s1.